The summed E-state index contributed by atoms with van der Waals surface area (Å²) in [6.07, 6.45) is 1.75. The number of methoxy groups -OCH3 is 2. The fraction of sp³-hybridized carbons (Fsp3) is 0.308. The van der Waals surface area contributed by atoms with E-state index >= 15 is 0 Å². The predicted molar refractivity (Wildman–Crippen MR) is 71.4 cm³/mol. The van der Waals surface area contributed by atoms with Gasteiger partial charge in [0.15, 0.2) is 0 Å². The normalized spacial score (nSPS) is 10.4. The Morgan fingerprint density at radius 1 is 1.28 bits per heavy atom. The molecule has 1 aromatic carbocycles. The average Bonchev–Trinajstić information content (AvgIpc) is 2.87. The van der Waals surface area contributed by atoms with Crippen LogP contribution >= 0.6 is 11.6 Å². The summed E-state index contributed by atoms with van der Waals surface area (Å²) in [7, 11) is 3.29. The molecule has 1 aromatic heterocycles. The molecule has 5 heteroatoms. The summed E-state index contributed by atoms with van der Waals surface area (Å²) in [5, 5.41) is 0. The highest BCUT2D eigenvalue weighted by Crippen LogP contribution is 2.36. The van der Waals surface area contributed by atoms with Gasteiger partial charge < -0.3 is 14.5 Å². The Kier molecular flexibility index (Phi) is 3.77. The van der Waals surface area contributed by atoms with Crippen molar-refractivity contribution in [3.05, 3.63) is 29.7 Å². The largest absolute Gasteiger partial charge is 0.496 e. The van der Waals surface area contributed by atoms with Crippen LogP contribution in [0.15, 0.2) is 18.3 Å². The molecule has 0 saturated heterocycles. The Balaban J connectivity index is 2.53. The lowest BCUT2D eigenvalue weighted by atomic mass is 10.1. The van der Waals surface area contributed by atoms with E-state index in [0.29, 0.717) is 5.88 Å². The second kappa shape index (κ2) is 5.31. The molecule has 0 aliphatic rings. The van der Waals surface area contributed by atoms with Crippen molar-refractivity contribution in [3.8, 4) is 22.8 Å². The molecule has 2 aromatic rings. The topological polar surface area (TPSA) is 47.1 Å². The van der Waals surface area contributed by atoms with Crippen LogP contribution in [0.25, 0.3) is 11.3 Å². The molecule has 0 saturated carbocycles. The average molecular weight is 267 g/mol. The van der Waals surface area contributed by atoms with Crippen LogP contribution in [-0.4, -0.2) is 24.2 Å². The molecule has 0 unspecified atom stereocenters. The van der Waals surface area contributed by atoms with E-state index in [1.54, 1.807) is 20.4 Å². The smallest absolute Gasteiger partial charge is 0.134 e. The van der Waals surface area contributed by atoms with Gasteiger partial charge >= 0.3 is 0 Å². The minimum Gasteiger partial charge on any atom is -0.496 e. The Bertz CT molecular complexity index is 552. The number of halogens is 1. The lowest BCUT2D eigenvalue weighted by Gasteiger charge is -2.13. The summed E-state index contributed by atoms with van der Waals surface area (Å²) in [5.74, 6) is 2.67. The van der Waals surface area contributed by atoms with Crippen molar-refractivity contribution < 1.29 is 9.47 Å². The second-order valence-electron chi connectivity index (χ2n) is 3.85. The highest BCUT2D eigenvalue weighted by atomic mass is 35.5. The number of aromatic nitrogens is 2. The lowest BCUT2D eigenvalue weighted by molar-refractivity contribution is 0.390. The van der Waals surface area contributed by atoms with Crippen LogP contribution in [-0.2, 0) is 5.88 Å². The molecule has 0 bridgehead atoms. The number of benzene rings is 1. The van der Waals surface area contributed by atoms with E-state index < -0.39 is 0 Å². The third-order valence-corrected chi connectivity index (χ3v) is 3.08. The summed E-state index contributed by atoms with van der Waals surface area (Å²) in [4.78, 5) is 7.34. The van der Waals surface area contributed by atoms with Gasteiger partial charge in [-0.25, -0.2) is 4.98 Å². The van der Waals surface area contributed by atoms with Crippen molar-refractivity contribution in [1.82, 2.24) is 9.97 Å². The molecule has 2 rings (SSSR count). The number of alkyl halides is 1. The number of hydrogen-bond acceptors (Lipinski definition) is 3. The van der Waals surface area contributed by atoms with Gasteiger partial charge in [0.25, 0.3) is 0 Å². The van der Waals surface area contributed by atoms with Gasteiger partial charge in [0, 0.05) is 11.1 Å². The van der Waals surface area contributed by atoms with Gasteiger partial charge in [-0.3, -0.25) is 0 Å². The SMILES string of the molecule is COc1ccc(-c2cnc(CCl)[nH]2)c(OC)c1C. The number of aromatic amines is 1. The van der Waals surface area contributed by atoms with Gasteiger partial charge in [0.2, 0.25) is 0 Å². The molecule has 18 heavy (non-hydrogen) atoms. The fourth-order valence-corrected chi connectivity index (χ4v) is 2.07. The zero-order valence-corrected chi connectivity index (χ0v) is 11.3. The van der Waals surface area contributed by atoms with E-state index in [9.17, 15) is 0 Å². The van der Waals surface area contributed by atoms with Crippen LogP contribution in [0.1, 0.15) is 11.4 Å². The quantitative estimate of drug-likeness (QED) is 0.865. The molecule has 0 aliphatic heterocycles. The minimum absolute atomic E-state index is 0.359. The van der Waals surface area contributed by atoms with Crippen LogP contribution in [0.5, 0.6) is 11.5 Å². The molecule has 4 nitrogen and oxygen atoms in total. The first kappa shape index (κ1) is 12.8. The Morgan fingerprint density at radius 2 is 2.06 bits per heavy atom. The van der Waals surface area contributed by atoms with Crippen molar-refractivity contribution in [1.29, 1.82) is 0 Å². The van der Waals surface area contributed by atoms with E-state index in [1.165, 1.54) is 0 Å². The second-order valence-corrected chi connectivity index (χ2v) is 4.12. The number of H-pyrrole nitrogens is 1. The first-order chi connectivity index (χ1) is 8.71. The van der Waals surface area contributed by atoms with Crippen molar-refractivity contribution in [3.63, 3.8) is 0 Å². The molecule has 0 fully saturated rings. The third-order valence-electron chi connectivity index (χ3n) is 2.83. The van der Waals surface area contributed by atoms with E-state index in [-0.39, 0.29) is 0 Å². The maximum Gasteiger partial charge on any atom is 0.134 e. The Labute approximate surface area is 111 Å². The molecule has 96 valence electrons. The number of nitrogens with zero attached hydrogens (tertiary/aromatic N) is 1. The van der Waals surface area contributed by atoms with E-state index in [0.717, 1.165) is 34.1 Å². The van der Waals surface area contributed by atoms with Crippen LogP contribution in [0.2, 0.25) is 0 Å². The summed E-state index contributed by atoms with van der Waals surface area (Å²) in [5.41, 5.74) is 2.78. The molecule has 1 N–H and O–H groups in total. The molecule has 1 heterocycles. The molecular weight excluding hydrogens is 252 g/mol. The fourth-order valence-electron chi connectivity index (χ4n) is 1.94. The van der Waals surface area contributed by atoms with Crippen LogP contribution in [0.3, 0.4) is 0 Å². The number of rotatable bonds is 4. The van der Waals surface area contributed by atoms with Gasteiger partial charge in [0.1, 0.15) is 17.3 Å². The van der Waals surface area contributed by atoms with Crippen molar-refractivity contribution in [2.45, 2.75) is 12.8 Å². The van der Waals surface area contributed by atoms with Crippen molar-refractivity contribution >= 4 is 11.6 Å². The molecule has 0 atom stereocenters. The van der Waals surface area contributed by atoms with Crippen LogP contribution in [0.4, 0.5) is 0 Å². The Hall–Kier alpha value is -1.68. The van der Waals surface area contributed by atoms with Gasteiger partial charge in [-0.15, -0.1) is 11.6 Å². The Morgan fingerprint density at radius 3 is 2.61 bits per heavy atom. The zero-order valence-electron chi connectivity index (χ0n) is 10.6. The van der Waals surface area contributed by atoms with E-state index in [4.69, 9.17) is 21.1 Å². The van der Waals surface area contributed by atoms with E-state index in [2.05, 4.69) is 9.97 Å². The minimum atomic E-state index is 0.359. The highest BCUT2D eigenvalue weighted by molar-refractivity contribution is 6.16. The van der Waals surface area contributed by atoms with Gasteiger partial charge in [-0.2, -0.15) is 0 Å². The third kappa shape index (κ3) is 2.16. The molecule has 0 spiro atoms. The zero-order chi connectivity index (χ0) is 13.1. The van der Waals surface area contributed by atoms with E-state index in [1.807, 2.05) is 19.1 Å². The maximum absolute atomic E-state index is 5.74. The predicted octanol–water partition coefficient (Wildman–Crippen LogP) is 3.14. The van der Waals surface area contributed by atoms with Crippen molar-refractivity contribution in [2.75, 3.05) is 14.2 Å². The van der Waals surface area contributed by atoms with Crippen LogP contribution in [0, 0.1) is 6.92 Å². The summed E-state index contributed by atoms with van der Waals surface area (Å²) >= 11 is 5.74. The first-order valence-electron chi connectivity index (χ1n) is 5.53. The number of imidazole rings is 1. The molecule has 0 radical (unpaired) electrons. The van der Waals surface area contributed by atoms with Gasteiger partial charge in [-0.05, 0) is 19.1 Å². The number of hydrogen-bond donors (Lipinski definition) is 1. The molecule has 0 aliphatic carbocycles. The van der Waals surface area contributed by atoms with Crippen LogP contribution < -0.4 is 9.47 Å². The lowest BCUT2D eigenvalue weighted by Crippen LogP contribution is -1.95. The summed E-state index contributed by atoms with van der Waals surface area (Å²) in [6, 6.07) is 3.85. The number of nitrogens with one attached hydrogen (secondary N) is 1. The monoisotopic (exact) mass is 266 g/mol. The highest BCUT2D eigenvalue weighted by Gasteiger charge is 2.14. The first-order valence-corrected chi connectivity index (χ1v) is 6.06. The summed E-state index contributed by atoms with van der Waals surface area (Å²) < 4.78 is 10.7. The molecule has 0 amide bonds. The van der Waals surface area contributed by atoms with Gasteiger partial charge in [0.05, 0.1) is 32.0 Å². The van der Waals surface area contributed by atoms with Crippen molar-refractivity contribution in [2.24, 2.45) is 0 Å². The summed E-state index contributed by atoms with van der Waals surface area (Å²) in [6.45, 7) is 1.96. The number of ether oxygens (including phenoxy) is 2. The van der Waals surface area contributed by atoms with Gasteiger partial charge in [-0.1, -0.05) is 0 Å². The standard InChI is InChI=1S/C13H15ClN2O2/c1-8-11(17-2)5-4-9(13(8)18-3)10-7-15-12(6-14)16-10/h4-5,7H,6H2,1-3H3,(H,15,16). The molecular formula is C13H15ClN2O2. The maximum atomic E-state index is 5.74.